The van der Waals surface area contributed by atoms with Gasteiger partial charge in [0.15, 0.2) is 24.3 Å². The van der Waals surface area contributed by atoms with E-state index in [-0.39, 0.29) is 16.9 Å². The van der Waals surface area contributed by atoms with Gasteiger partial charge in [0, 0.05) is 6.20 Å². The fourth-order valence-electron chi connectivity index (χ4n) is 3.55. The van der Waals surface area contributed by atoms with Gasteiger partial charge in [-0.1, -0.05) is 36.4 Å². The van der Waals surface area contributed by atoms with E-state index in [1.54, 1.807) is 54.0 Å². The molecule has 1 aromatic heterocycles. The molecule has 11 heteroatoms. The Balaban J connectivity index is 1.69. The van der Waals surface area contributed by atoms with Gasteiger partial charge in [0.1, 0.15) is 6.10 Å². The predicted octanol–water partition coefficient (Wildman–Crippen LogP) is 1.39. The third-order valence-corrected chi connectivity index (χ3v) is 5.19. The number of benzene rings is 2. The van der Waals surface area contributed by atoms with Crippen LogP contribution in [0.25, 0.3) is 0 Å². The van der Waals surface area contributed by atoms with E-state index in [1.165, 1.54) is 24.4 Å². The first-order chi connectivity index (χ1) is 16.5. The summed E-state index contributed by atoms with van der Waals surface area (Å²) >= 11 is 0. The summed E-state index contributed by atoms with van der Waals surface area (Å²) in [5.74, 6) is -1.57. The summed E-state index contributed by atoms with van der Waals surface area (Å²) in [7, 11) is 0. The minimum absolute atomic E-state index is 0.108. The second-order valence-corrected chi connectivity index (χ2v) is 7.33. The highest BCUT2D eigenvalue weighted by Crippen LogP contribution is 2.34. The molecule has 2 heterocycles. The molecule has 1 fully saturated rings. The van der Waals surface area contributed by atoms with E-state index in [2.05, 4.69) is 4.98 Å². The van der Waals surface area contributed by atoms with Gasteiger partial charge < -0.3 is 19.3 Å². The van der Waals surface area contributed by atoms with Crippen LogP contribution in [0.5, 0.6) is 0 Å². The average Bonchev–Trinajstić information content (AvgIpc) is 3.21. The van der Waals surface area contributed by atoms with Gasteiger partial charge in [-0.2, -0.15) is 4.98 Å². The Bertz CT molecular complexity index is 1200. The van der Waals surface area contributed by atoms with Crippen LogP contribution in [0.1, 0.15) is 26.9 Å². The third-order valence-electron chi connectivity index (χ3n) is 5.19. The van der Waals surface area contributed by atoms with Crippen molar-refractivity contribution in [3.8, 4) is 0 Å². The van der Waals surface area contributed by atoms with Crippen molar-refractivity contribution < 1.29 is 34.1 Å². The van der Waals surface area contributed by atoms with Crippen LogP contribution in [0.15, 0.2) is 77.7 Å². The first kappa shape index (κ1) is 23.1. The van der Waals surface area contributed by atoms with Crippen molar-refractivity contribution in [2.24, 2.45) is 0 Å². The number of anilines is 1. The number of aliphatic hydroxyl groups is 1. The van der Waals surface area contributed by atoms with Crippen molar-refractivity contribution in [2.75, 3.05) is 12.1 Å². The van der Waals surface area contributed by atoms with Crippen molar-refractivity contribution in [3.63, 3.8) is 0 Å². The highest BCUT2D eigenvalue weighted by Gasteiger charge is 2.51. The van der Waals surface area contributed by atoms with Gasteiger partial charge in [0.25, 0.3) is 0 Å². The van der Waals surface area contributed by atoms with Crippen molar-refractivity contribution in [1.29, 1.82) is 0 Å². The number of carbonyl (C=O) groups excluding carboxylic acids is 2. The largest absolute Gasteiger partial charge is 0.452 e. The number of aliphatic hydroxyl groups excluding tert-OH is 1. The molecule has 0 aliphatic carbocycles. The SMILES string of the molecule is O=C(OC1C(OC(=O)c2ccccc2)[C@@H](CO)O[C@H]1n1ccc(NO)nc1=O)c1ccccc1. The fraction of sp³-hybridized carbons (Fsp3) is 0.217. The van der Waals surface area contributed by atoms with Gasteiger partial charge >= 0.3 is 17.6 Å². The maximum absolute atomic E-state index is 12.8. The number of hydrogen-bond acceptors (Lipinski definition) is 10. The molecule has 4 atom stereocenters. The number of nitrogens with zero attached hydrogens (tertiary/aromatic N) is 2. The first-order valence-electron chi connectivity index (χ1n) is 10.3. The Morgan fingerprint density at radius 3 is 2.00 bits per heavy atom. The van der Waals surface area contributed by atoms with Gasteiger partial charge in [-0.25, -0.2) is 14.4 Å². The smallest absolute Gasteiger partial charge is 0.351 e. The molecule has 0 spiro atoms. The Morgan fingerprint density at radius 2 is 1.50 bits per heavy atom. The van der Waals surface area contributed by atoms with Gasteiger partial charge in [-0.3, -0.25) is 15.3 Å². The van der Waals surface area contributed by atoms with Gasteiger partial charge in [-0.05, 0) is 30.3 Å². The lowest BCUT2D eigenvalue weighted by Crippen LogP contribution is -2.42. The molecule has 176 valence electrons. The summed E-state index contributed by atoms with van der Waals surface area (Å²) in [5.41, 5.74) is 1.40. The van der Waals surface area contributed by atoms with Crippen molar-refractivity contribution in [3.05, 3.63) is 94.5 Å². The third kappa shape index (κ3) is 4.81. The Kier molecular flexibility index (Phi) is 6.97. The van der Waals surface area contributed by atoms with Gasteiger partial charge in [0.05, 0.1) is 17.7 Å². The van der Waals surface area contributed by atoms with E-state index in [4.69, 9.17) is 19.4 Å². The second kappa shape index (κ2) is 10.3. The zero-order chi connectivity index (χ0) is 24.1. The molecular formula is C23H21N3O8. The lowest BCUT2D eigenvalue weighted by atomic mass is 10.1. The van der Waals surface area contributed by atoms with Crippen LogP contribution in [0, 0.1) is 0 Å². The van der Waals surface area contributed by atoms with E-state index in [1.807, 2.05) is 0 Å². The Labute approximate surface area is 193 Å². The molecule has 4 rings (SSSR count). The number of hydrogen-bond donors (Lipinski definition) is 3. The maximum Gasteiger partial charge on any atom is 0.351 e. The van der Waals surface area contributed by atoms with Crippen LogP contribution in [-0.4, -0.2) is 56.7 Å². The normalized spacial score (nSPS) is 21.6. The van der Waals surface area contributed by atoms with Crippen LogP contribution < -0.4 is 11.2 Å². The predicted molar refractivity (Wildman–Crippen MR) is 116 cm³/mol. The molecule has 0 radical (unpaired) electrons. The number of nitrogens with one attached hydrogen (secondary N) is 1. The maximum atomic E-state index is 12.8. The van der Waals surface area contributed by atoms with Crippen LogP contribution in [0.4, 0.5) is 5.82 Å². The van der Waals surface area contributed by atoms with Crippen LogP contribution in [-0.2, 0) is 14.2 Å². The average molecular weight is 467 g/mol. The summed E-state index contributed by atoms with van der Waals surface area (Å²) < 4.78 is 18.1. The zero-order valence-corrected chi connectivity index (χ0v) is 17.7. The molecule has 1 saturated heterocycles. The quantitative estimate of drug-likeness (QED) is 0.344. The van der Waals surface area contributed by atoms with Crippen LogP contribution in [0.2, 0.25) is 0 Å². The first-order valence-corrected chi connectivity index (χ1v) is 10.3. The van der Waals surface area contributed by atoms with Crippen LogP contribution >= 0.6 is 0 Å². The summed E-state index contributed by atoms with van der Waals surface area (Å²) in [5, 5.41) is 18.9. The van der Waals surface area contributed by atoms with Gasteiger partial charge in [0.2, 0.25) is 0 Å². The Morgan fingerprint density at radius 1 is 0.941 bits per heavy atom. The van der Waals surface area contributed by atoms with Crippen LogP contribution in [0.3, 0.4) is 0 Å². The summed E-state index contributed by atoms with van der Waals surface area (Å²) in [6, 6.07) is 17.5. The molecule has 1 aliphatic heterocycles. The molecular weight excluding hydrogens is 446 g/mol. The zero-order valence-electron chi connectivity index (χ0n) is 17.7. The number of ether oxygens (including phenoxy) is 3. The summed E-state index contributed by atoms with van der Waals surface area (Å²) in [6.45, 7) is -0.582. The van der Waals surface area contributed by atoms with Crippen molar-refractivity contribution in [1.82, 2.24) is 9.55 Å². The number of rotatable bonds is 7. The fourth-order valence-corrected chi connectivity index (χ4v) is 3.55. The topological polar surface area (TPSA) is 149 Å². The van der Waals surface area contributed by atoms with E-state index in [9.17, 15) is 19.5 Å². The minimum atomic E-state index is -1.30. The van der Waals surface area contributed by atoms with Crippen molar-refractivity contribution >= 4 is 17.8 Å². The molecule has 2 unspecified atom stereocenters. The highest BCUT2D eigenvalue weighted by atomic mass is 16.6. The van der Waals surface area contributed by atoms with E-state index in [0.29, 0.717) is 0 Å². The summed E-state index contributed by atoms with van der Waals surface area (Å²) in [6.07, 6.45) is -3.65. The molecule has 3 aromatic rings. The highest BCUT2D eigenvalue weighted by molar-refractivity contribution is 5.90. The Hall–Kier alpha value is -4.06. The lowest BCUT2D eigenvalue weighted by molar-refractivity contribution is -0.0603. The van der Waals surface area contributed by atoms with Crippen molar-refractivity contribution in [2.45, 2.75) is 24.5 Å². The van der Waals surface area contributed by atoms with E-state index in [0.717, 1.165) is 4.57 Å². The standard InChI is InChI=1S/C23H21N3O8/c27-13-16-18(33-21(28)14-7-3-1-4-8-14)19(34-22(29)15-9-5-2-6-10-15)20(32-16)26-12-11-17(25-31)24-23(26)30/h1-12,16,18-20,27,31H,13H2,(H,24,25,30)/t16-,18?,19?,20-/m1/s1. The second-order valence-electron chi connectivity index (χ2n) is 7.33. The number of esters is 2. The molecule has 0 saturated carbocycles. The van der Waals surface area contributed by atoms with Gasteiger partial charge in [-0.15, -0.1) is 0 Å². The lowest BCUT2D eigenvalue weighted by Gasteiger charge is -2.24. The van der Waals surface area contributed by atoms with E-state index < -0.39 is 48.8 Å². The molecule has 0 amide bonds. The van der Waals surface area contributed by atoms with E-state index >= 15 is 0 Å². The number of aromatic nitrogens is 2. The minimum Gasteiger partial charge on any atom is -0.452 e. The molecule has 1 aliphatic rings. The molecule has 34 heavy (non-hydrogen) atoms. The number of carbonyl (C=O) groups is 2. The monoisotopic (exact) mass is 467 g/mol. The molecule has 0 bridgehead atoms. The molecule has 11 nitrogen and oxygen atoms in total. The summed E-state index contributed by atoms with van der Waals surface area (Å²) in [4.78, 5) is 41.8. The molecule has 2 aromatic carbocycles. The molecule has 3 N–H and O–H groups in total.